The van der Waals surface area contributed by atoms with Crippen LogP contribution < -0.4 is 0 Å². The molecule has 1 atom stereocenters. The first-order chi connectivity index (χ1) is 9.16. The molecule has 1 heterocycles. The van der Waals surface area contributed by atoms with E-state index in [4.69, 9.17) is 11.6 Å². The molecule has 0 nitrogen and oxygen atoms in total. The summed E-state index contributed by atoms with van der Waals surface area (Å²) in [4.78, 5) is 0.208. The van der Waals surface area contributed by atoms with Gasteiger partial charge in [0.05, 0.1) is 4.83 Å². The van der Waals surface area contributed by atoms with Gasteiger partial charge in [-0.2, -0.15) is 0 Å². The van der Waals surface area contributed by atoms with E-state index in [9.17, 15) is 0 Å². The number of benzene rings is 2. The van der Waals surface area contributed by atoms with Crippen molar-refractivity contribution < 1.29 is 0 Å². The Bertz CT molecular complexity index is 732. The summed E-state index contributed by atoms with van der Waals surface area (Å²) in [7, 11) is 0. The van der Waals surface area contributed by atoms with E-state index in [0.29, 0.717) is 0 Å². The van der Waals surface area contributed by atoms with Crippen molar-refractivity contribution in [1.29, 1.82) is 0 Å². The maximum atomic E-state index is 6.09. The van der Waals surface area contributed by atoms with E-state index in [1.54, 1.807) is 11.3 Å². The quantitative estimate of drug-likeness (QED) is 0.472. The first-order valence-corrected chi connectivity index (χ1v) is 8.20. The van der Waals surface area contributed by atoms with Gasteiger partial charge in [-0.05, 0) is 46.5 Å². The molecule has 3 rings (SSSR count). The Hall–Kier alpha value is -0.830. The molecule has 2 aromatic carbocycles. The van der Waals surface area contributed by atoms with E-state index >= 15 is 0 Å². The minimum Gasteiger partial charge on any atom is -0.143 e. The standard InChI is InChI=1S/C16H12BrClS/c1-10-8-11(6-7-14(10)18)16(17)13-9-19-15-5-3-2-4-12(13)15/h2-9,16H,1H3. The molecule has 3 aromatic rings. The van der Waals surface area contributed by atoms with Crippen molar-refractivity contribution in [2.75, 3.05) is 0 Å². The monoisotopic (exact) mass is 350 g/mol. The second kappa shape index (κ2) is 5.28. The third kappa shape index (κ3) is 2.45. The van der Waals surface area contributed by atoms with Crippen molar-refractivity contribution in [3.63, 3.8) is 0 Å². The lowest BCUT2D eigenvalue weighted by Gasteiger charge is -2.11. The van der Waals surface area contributed by atoms with Crippen LogP contribution in [0.4, 0.5) is 0 Å². The maximum absolute atomic E-state index is 6.09. The molecule has 0 saturated carbocycles. The summed E-state index contributed by atoms with van der Waals surface area (Å²) in [5.74, 6) is 0. The minimum atomic E-state index is 0.208. The number of alkyl halides is 1. The van der Waals surface area contributed by atoms with Crippen molar-refractivity contribution in [1.82, 2.24) is 0 Å². The Kier molecular flexibility index (Phi) is 3.66. The lowest BCUT2D eigenvalue weighted by atomic mass is 10.0. The molecule has 0 amide bonds. The second-order valence-corrected chi connectivity index (χ2v) is 6.79. The fraction of sp³-hybridized carbons (Fsp3) is 0.125. The van der Waals surface area contributed by atoms with Gasteiger partial charge < -0.3 is 0 Å². The second-order valence-electron chi connectivity index (χ2n) is 4.56. The van der Waals surface area contributed by atoms with E-state index < -0.39 is 0 Å². The van der Waals surface area contributed by atoms with Crippen molar-refractivity contribution in [2.24, 2.45) is 0 Å². The van der Waals surface area contributed by atoms with Gasteiger partial charge in [0.1, 0.15) is 0 Å². The van der Waals surface area contributed by atoms with E-state index in [2.05, 4.69) is 57.7 Å². The van der Waals surface area contributed by atoms with Crippen LogP contribution in [0.1, 0.15) is 21.5 Å². The van der Waals surface area contributed by atoms with E-state index in [1.807, 2.05) is 13.0 Å². The first kappa shape index (κ1) is 13.2. The van der Waals surface area contributed by atoms with Crippen molar-refractivity contribution in [3.05, 3.63) is 69.6 Å². The normalized spacial score (nSPS) is 12.8. The zero-order valence-corrected chi connectivity index (χ0v) is 13.5. The number of thiophene rings is 1. The van der Waals surface area contributed by atoms with Crippen molar-refractivity contribution >= 4 is 49.0 Å². The third-order valence-corrected chi connectivity index (χ3v) is 5.69. The summed E-state index contributed by atoms with van der Waals surface area (Å²) in [5, 5.41) is 4.37. The molecule has 0 bridgehead atoms. The summed E-state index contributed by atoms with van der Waals surface area (Å²) < 4.78 is 1.33. The lowest BCUT2D eigenvalue weighted by molar-refractivity contribution is 1.20. The average molecular weight is 352 g/mol. The topological polar surface area (TPSA) is 0 Å². The molecule has 0 aliphatic rings. The summed E-state index contributed by atoms with van der Waals surface area (Å²) in [6.07, 6.45) is 0. The number of rotatable bonds is 2. The van der Waals surface area contributed by atoms with Gasteiger partial charge in [-0.3, -0.25) is 0 Å². The SMILES string of the molecule is Cc1cc(C(Br)c2csc3ccccc23)ccc1Cl. The number of fused-ring (bicyclic) bond motifs is 1. The number of aryl methyl sites for hydroxylation is 1. The predicted molar refractivity (Wildman–Crippen MR) is 88.8 cm³/mol. The van der Waals surface area contributed by atoms with Crippen LogP contribution in [0.2, 0.25) is 5.02 Å². The van der Waals surface area contributed by atoms with Crippen LogP contribution in [-0.4, -0.2) is 0 Å². The molecule has 0 aliphatic carbocycles. The molecule has 1 unspecified atom stereocenters. The largest absolute Gasteiger partial charge is 0.143 e. The Labute approximate surface area is 130 Å². The van der Waals surface area contributed by atoms with Gasteiger partial charge in [-0.1, -0.05) is 57.9 Å². The first-order valence-electron chi connectivity index (χ1n) is 6.03. The fourth-order valence-corrected chi connectivity index (χ4v) is 4.14. The van der Waals surface area contributed by atoms with Crippen LogP contribution in [0.5, 0.6) is 0 Å². The highest BCUT2D eigenvalue weighted by atomic mass is 79.9. The summed E-state index contributed by atoms with van der Waals surface area (Å²) in [6.45, 7) is 2.04. The van der Waals surface area contributed by atoms with Crippen LogP contribution in [-0.2, 0) is 0 Å². The molecule has 0 spiro atoms. The van der Waals surface area contributed by atoms with Crippen molar-refractivity contribution in [2.45, 2.75) is 11.8 Å². The van der Waals surface area contributed by atoms with Crippen molar-refractivity contribution in [3.8, 4) is 0 Å². The molecular formula is C16H12BrClS. The maximum Gasteiger partial charge on any atom is 0.0658 e. The molecule has 0 fully saturated rings. The summed E-state index contributed by atoms with van der Waals surface area (Å²) in [5.41, 5.74) is 3.68. The highest BCUT2D eigenvalue weighted by molar-refractivity contribution is 9.09. The van der Waals surface area contributed by atoms with Gasteiger partial charge in [0.25, 0.3) is 0 Å². The Balaban J connectivity index is 2.08. The molecule has 96 valence electrons. The third-order valence-electron chi connectivity index (χ3n) is 3.26. The zero-order chi connectivity index (χ0) is 13.4. The lowest BCUT2D eigenvalue weighted by Crippen LogP contribution is -1.92. The molecule has 19 heavy (non-hydrogen) atoms. The van der Waals surface area contributed by atoms with Gasteiger partial charge >= 0.3 is 0 Å². The van der Waals surface area contributed by atoms with E-state index in [-0.39, 0.29) is 4.83 Å². The van der Waals surface area contributed by atoms with Gasteiger partial charge in [0.2, 0.25) is 0 Å². The van der Waals surface area contributed by atoms with Crippen LogP contribution in [0.25, 0.3) is 10.1 Å². The highest BCUT2D eigenvalue weighted by Crippen LogP contribution is 2.39. The smallest absolute Gasteiger partial charge is 0.0658 e. The fourth-order valence-electron chi connectivity index (χ4n) is 2.20. The van der Waals surface area contributed by atoms with Crippen LogP contribution >= 0.6 is 38.9 Å². The van der Waals surface area contributed by atoms with E-state index in [0.717, 1.165) is 10.6 Å². The molecule has 0 N–H and O–H groups in total. The van der Waals surface area contributed by atoms with Gasteiger partial charge in [0.15, 0.2) is 0 Å². The van der Waals surface area contributed by atoms with Crippen LogP contribution in [0.3, 0.4) is 0 Å². The molecule has 3 heteroatoms. The van der Waals surface area contributed by atoms with Gasteiger partial charge in [0, 0.05) is 9.72 Å². The molecular weight excluding hydrogens is 340 g/mol. The molecule has 1 aromatic heterocycles. The zero-order valence-electron chi connectivity index (χ0n) is 10.4. The number of hydrogen-bond donors (Lipinski definition) is 0. The number of hydrogen-bond acceptors (Lipinski definition) is 1. The van der Waals surface area contributed by atoms with E-state index in [1.165, 1.54) is 21.2 Å². The Morgan fingerprint density at radius 3 is 2.74 bits per heavy atom. The van der Waals surface area contributed by atoms with Gasteiger partial charge in [-0.15, -0.1) is 11.3 Å². The number of halogens is 2. The van der Waals surface area contributed by atoms with Gasteiger partial charge in [-0.25, -0.2) is 0 Å². The Morgan fingerprint density at radius 1 is 1.16 bits per heavy atom. The molecule has 0 saturated heterocycles. The average Bonchev–Trinajstić information content (AvgIpc) is 2.85. The Morgan fingerprint density at radius 2 is 1.95 bits per heavy atom. The summed E-state index contributed by atoms with van der Waals surface area (Å²) in [6, 6.07) is 14.7. The molecule has 0 radical (unpaired) electrons. The summed E-state index contributed by atoms with van der Waals surface area (Å²) >= 11 is 11.7. The predicted octanol–water partition coefficient (Wildman–Crippen LogP) is 6.35. The highest BCUT2D eigenvalue weighted by Gasteiger charge is 2.15. The van der Waals surface area contributed by atoms with Crippen LogP contribution in [0.15, 0.2) is 47.8 Å². The van der Waals surface area contributed by atoms with Crippen LogP contribution in [0, 0.1) is 6.92 Å². The molecule has 0 aliphatic heterocycles. The minimum absolute atomic E-state index is 0.208.